The van der Waals surface area contributed by atoms with Crippen LogP contribution < -0.4 is 0 Å². The van der Waals surface area contributed by atoms with Crippen LogP contribution in [0.2, 0.25) is 0 Å². The monoisotopic (exact) mass is 349 g/mol. The fraction of sp³-hybridized carbons (Fsp3) is 0.867. The molecule has 1 saturated heterocycles. The van der Waals surface area contributed by atoms with Crippen molar-refractivity contribution in [1.29, 1.82) is 0 Å². The first-order valence-corrected chi connectivity index (χ1v) is 10.6. The van der Waals surface area contributed by atoms with Crippen molar-refractivity contribution < 1.29 is 18.0 Å². The summed E-state index contributed by atoms with van der Waals surface area (Å²) in [7, 11) is -3.09. The smallest absolute Gasteiger partial charge is 0.242 e. The molecule has 0 aromatic carbocycles. The molecule has 0 bridgehead atoms. The molecule has 1 atom stereocenters. The van der Waals surface area contributed by atoms with Crippen LogP contribution in [-0.4, -0.2) is 53.7 Å². The van der Waals surface area contributed by atoms with Crippen LogP contribution in [0.5, 0.6) is 0 Å². The second-order valence-electron chi connectivity index (χ2n) is 6.45. The second kappa shape index (κ2) is 8.34. The Labute approximate surface area is 138 Å². The highest BCUT2D eigenvalue weighted by molar-refractivity contribution is 8.01. The molecule has 1 aliphatic rings. The van der Waals surface area contributed by atoms with E-state index < -0.39 is 9.84 Å². The molecule has 22 heavy (non-hydrogen) atoms. The Balaban J connectivity index is 2.44. The fourth-order valence-corrected chi connectivity index (χ4v) is 5.03. The van der Waals surface area contributed by atoms with Crippen LogP contribution >= 0.6 is 11.8 Å². The Morgan fingerprint density at radius 1 is 1.18 bits per heavy atom. The number of nitrogens with zero attached hydrogens (tertiary/aromatic N) is 1. The molecule has 0 aromatic rings. The number of hydrogen-bond donors (Lipinski definition) is 0. The SMILES string of the molecule is CC(C)CCS(=O)(=O)CCCN1C(=O)CC(SC(C)C)C1=O. The minimum Gasteiger partial charge on any atom is -0.282 e. The predicted molar refractivity (Wildman–Crippen MR) is 90.6 cm³/mol. The van der Waals surface area contributed by atoms with Crippen LogP contribution in [0.15, 0.2) is 0 Å². The Hall–Kier alpha value is -0.560. The number of imide groups is 1. The van der Waals surface area contributed by atoms with Crippen molar-refractivity contribution >= 4 is 33.4 Å². The van der Waals surface area contributed by atoms with Crippen LogP contribution in [-0.2, 0) is 19.4 Å². The van der Waals surface area contributed by atoms with Gasteiger partial charge in [0.2, 0.25) is 11.8 Å². The average molecular weight is 350 g/mol. The molecule has 1 rings (SSSR count). The Morgan fingerprint density at radius 2 is 1.82 bits per heavy atom. The molecule has 128 valence electrons. The van der Waals surface area contributed by atoms with Gasteiger partial charge < -0.3 is 0 Å². The van der Waals surface area contributed by atoms with Crippen molar-refractivity contribution in [1.82, 2.24) is 4.90 Å². The lowest BCUT2D eigenvalue weighted by molar-refractivity contribution is -0.138. The number of carbonyl (C=O) groups is 2. The summed E-state index contributed by atoms with van der Waals surface area (Å²) < 4.78 is 23.8. The van der Waals surface area contributed by atoms with Crippen LogP contribution in [0.1, 0.15) is 47.0 Å². The fourth-order valence-electron chi connectivity index (χ4n) is 2.28. The predicted octanol–water partition coefficient (Wildman–Crippen LogP) is 2.11. The summed E-state index contributed by atoms with van der Waals surface area (Å²) >= 11 is 1.50. The van der Waals surface area contributed by atoms with Gasteiger partial charge in [-0.3, -0.25) is 14.5 Å². The molecule has 0 saturated carbocycles. The topological polar surface area (TPSA) is 71.5 Å². The maximum Gasteiger partial charge on any atom is 0.242 e. The van der Waals surface area contributed by atoms with E-state index in [9.17, 15) is 18.0 Å². The minimum absolute atomic E-state index is 0.0404. The van der Waals surface area contributed by atoms with Gasteiger partial charge >= 0.3 is 0 Å². The Morgan fingerprint density at radius 3 is 2.36 bits per heavy atom. The molecule has 0 aliphatic carbocycles. The number of likely N-dealkylation sites (tertiary alicyclic amines) is 1. The van der Waals surface area contributed by atoms with Crippen LogP contribution in [0, 0.1) is 5.92 Å². The quantitative estimate of drug-likeness (QED) is 0.596. The maximum absolute atomic E-state index is 12.2. The van der Waals surface area contributed by atoms with Crippen LogP contribution in [0.3, 0.4) is 0 Å². The first-order chi connectivity index (χ1) is 10.1. The molecule has 7 heteroatoms. The van der Waals surface area contributed by atoms with Gasteiger partial charge in [0.25, 0.3) is 0 Å². The summed E-state index contributed by atoms with van der Waals surface area (Å²) in [5.74, 6) is 0.230. The van der Waals surface area contributed by atoms with Crippen molar-refractivity contribution in [2.75, 3.05) is 18.1 Å². The third-order valence-electron chi connectivity index (χ3n) is 3.48. The Bertz CT molecular complexity index is 500. The highest BCUT2D eigenvalue weighted by atomic mass is 32.2. The number of carbonyl (C=O) groups excluding carboxylic acids is 2. The molecule has 5 nitrogen and oxygen atoms in total. The number of sulfone groups is 1. The zero-order valence-corrected chi connectivity index (χ0v) is 15.5. The molecular formula is C15H27NO4S2. The molecule has 0 N–H and O–H groups in total. The van der Waals surface area contributed by atoms with Crippen molar-refractivity contribution in [3.8, 4) is 0 Å². The van der Waals surface area contributed by atoms with Gasteiger partial charge in [-0.2, -0.15) is 0 Å². The molecule has 0 spiro atoms. The molecule has 0 aromatic heterocycles. The molecule has 1 fully saturated rings. The Kier molecular flexibility index (Phi) is 7.38. The van der Waals surface area contributed by atoms with E-state index in [4.69, 9.17) is 0 Å². The van der Waals surface area contributed by atoms with E-state index in [1.165, 1.54) is 16.7 Å². The van der Waals surface area contributed by atoms with Crippen molar-refractivity contribution in [3.63, 3.8) is 0 Å². The summed E-state index contributed by atoms with van der Waals surface area (Å²) in [6.45, 7) is 8.18. The minimum atomic E-state index is -3.09. The highest BCUT2D eigenvalue weighted by Crippen LogP contribution is 2.28. The van der Waals surface area contributed by atoms with Gasteiger partial charge in [-0.15, -0.1) is 11.8 Å². The third kappa shape index (κ3) is 6.28. The second-order valence-corrected chi connectivity index (χ2v) is 10.5. The first-order valence-electron chi connectivity index (χ1n) is 7.82. The van der Waals surface area contributed by atoms with Gasteiger partial charge in [0.1, 0.15) is 9.84 Å². The summed E-state index contributed by atoms with van der Waals surface area (Å²) in [4.78, 5) is 25.3. The largest absolute Gasteiger partial charge is 0.282 e. The van der Waals surface area contributed by atoms with E-state index in [-0.39, 0.29) is 46.8 Å². The van der Waals surface area contributed by atoms with Crippen LogP contribution in [0.25, 0.3) is 0 Å². The standard InChI is InChI=1S/C15H27NO4S2/c1-11(2)6-9-22(19,20)8-5-7-16-14(17)10-13(15(16)18)21-12(3)4/h11-13H,5-10H2,1-4H3. The molecule has 1 aliphatic heterocycles. The molecule has 1 unspecified atom stereocenters. The van der Waals surface area contributed by atoms with E-state index in [1.54, 1.807) is 0 Å². The van der Waals surface area contributed by atoms with Gasteiger partial charge in [0, 0.05) is 13.0 Å². The summed E-state index contributed by atoms with van der Waals surface area (Å²) in [5, 5.41) is -0.0110. The zero-order chi connectivity index (χ0) is 16.9. The highest BCUT2D eigenvalue weighted by Gasteiger charge is 2.38. The summed E-state index contributed by atoms with van der Waals surface area (Å²) in [6.07, 6.45) is 1.22. The van der Waals surface area contributed by atoms with Crippen molar-refractivity contribution in [3.05, 3.63) is 0 Å². The summed E-state index contributed by atoms with van der Waals surface area (Å²) in [6, 6.07) is 0. The number of hydrogen-bond acceptors (Lipinski definition) is 5. The van der Waals surface area contributed by atoms with Crippen molar-refractivity contribution in [2.45, 2.75) is 57.5 Å². The van der Waals surface area contributed by atoms with Gasteiger partial charge in [-0.1, -0.05) is 27.7 Å². The number of rotatable bonds is 9. The van der Waals surface area contributed by atoms with E-state index in [2.05, 4.69) is 0 Å². The molecule has 0 radical (unpaired) electrons. The lowest BCUT2D eigenvalue weighted by atomic mass is 10.2. The first kappa shape index (κ1) is 19.5. The van der Waals surface area contributed by atoms with Gasteiger partial charge in [-0.05, 0) is 24.0 Å². The lowest BCUT2D eigenvalue weighted by Crippen LogP contribution is -2.33. The number of amides is 2. The zero-order valence-electron chi connectivity index (χ0n) is 13.9. The molecule has 2 amide bonds. The molecular weight excluding hydrogens is 322 g/mol. The normalized spacial score (nSPS) is 19.7. The van der Waals surface area contributed by atoms with Crippen molar-refractivity contribution in [2.24, 2.45) is 5.92 Å². The lowest BCUT2D eigenvalue weighted by Gasteiger charge is -2.15. The van der Waals surface area contributed by atoms with E-state index in [1.807, 2.05) is 27.7 Å². The van der Waals surface area contributed by atoms with Gasteiger partial charge in [-0.25, -0.2) is 8.42 Å². The van der Waals surface area contributed by atoms with Crippen LogP contribution in [0.4, 0.5) is 0 Å². The average Bonchev–Trinajstić information content (AvgIpc) is 2.63. The van der Waals surface area contributed by atoms with E-state index >= 15 is 0 Å². The summed E-state index contributed by atoms with van der Waals surface area (Å²) in [5.41, 5.74) is 0. The van der Waals surface area contributed by atoms with E-state index in [0.717, 1.165) is 0 Å². The van der Waals surface area contributed by atoms with Gasteiger partial charge in [0.05, 0.1) is 16.8 Å². The maximum atomic E-state index is 12.2. The van der Waals surface area contributed by atoms with E-state index in [0.29, 0.717) is 18.8 Å². The molecule has 1 heterocycles. The third-order valence-corrected chi connectivity index (χ3v) is 6.49. The number of thioether (sulfide) groups is 1. The van der Waals surface area contributed by atoms with Gasteiger partial charge in [0.15, 0.2) is 0 Å².